The first-order chi connectivity index (χ1) is 15.5. The normalized spacial score (nSPS) is 15.2. The molecule has 6 nitrogen and oxygen atoms in total. The summed E-state index contributed by atoms with van der Waals surface area (Å²) in [6.07, 6.45) is 0.582. The second kappa shape index (κ2) is 9.46. The van der Waals surface area contributed by atoms with Crippen LogP contribution < -0.4 is 0 Å². The lowest BCUT2D eigenvalue weighted by atomic mass is 10.00. The van der Waals surface area contributed by atoms with Crippen molar-refractivity contribution in [3.8, 4) is 0 Å². The Morgan fingerprint density at radius 3 is 1.91 bits per heavy atom. The Hall–Kier alpha value is -3.29. The van der Waals surface area contributed by atoms with Crippen molar-refractivity contribution in [1.29, 1.82) is 0 Å². The van der Waals surface area contributed by atoms with Crippen molar-refractivity contribution < 1.29 is 22.7 Å². The van der Waals surface area contributed by atoms with Crippen molar-refractivity contribution in [3.63, 3.8) is 0 Å². The predicted octanol–water partition coefficient (Wildman–Crippen LogP) is 4.25. The minimum atomic E-state index is -3.57. The molecular formula is C25H23NO5S. The smallest absolute Gasteiger partial charge is 0.339 e. The summed E-state index contributed by atoms with van der Waals surface area (Å²) in [5.41, 5.74) is 1.16. The van der Waals surface area contributed by atoms with Crippen molar-refractivity contribution in [2.45, 2.75) is 23.8 Å². The Kier molecular flexibility index (Phi) is 6.48. The maximum atomic E-state index is 13.1. The number of esters is 1. The standard InChI is InChI=1S/C25H23NO5S/c27-23(19-9-3-1-4-10-19)24(20-11-5-2-6-12-20)31-25(28)21-13-15-22(16-14-21)32(29,30)26-17-7-8-18-26/h1-6,9-16,24H,7-8,17-18H2/t24-/m1/s1. The largest absolute Gasteiger partial charge is 0.445 e. The summed E-state index contributed by atoms with van der Waals surface area (Å²) < 4.78 is 32.4. The number of Topliss-reactive ketones (excluding diaryl/α,β-unsaturated/α-hetero) is 1. The molecule has 0 radical (unpaired) electrons. The summed E-state index contributed by atoms with van der Waals surface area (Å²) in [7, 11) is -3.57. The molecule has 3 aromatic rings. The van der Waals surface area contributed by atoms with Crippen LogP contribution in [0.2, 0.25) is 0 Å². The molecule has 1 saturated heterocycles. The highest BCUT2D eigenvalue weighted by molar-refractivity contribution is 7.89. The van der Waals surface area contributed by atoms with Gasteiger partial charge >= 0.3 is 5.97 Å². The molecule has 0 amide bonds. The van der Waals surface area contributed by atoms with Gasteiger partial charge in [-0.05, 0) is 37.1 Å². The van der Waals surface area contributed by atoms with E-state index in [1.165, 1.54) is 28.6 Å². The topological polar surface area (TPSA) is 80.8 Å². The SMILES string of the molecule is O=C(O[C@@H](C(=O)c1ccccc1)c1ccccc1)c1ccc(S(=O)(=O)N2CCCC2)cc1. The highest BCUT2D eigenvalue weighted by Gasteiger charge is 2.29. The van der Waals surface area contributed by atoms with Crippen molar-refractivity contribution in [2.24, 2.45) is 0 Å². The second-order valence-electron chi connectivity index (χ2n) is 7.56. The molecule has 0 saturated carbocycles. The van der Waals surface area contributed by atoms with Crippen molar-refractivity contribution in [3.05, 3.63) is 102 Å². The van der Waals surface area contributed by atoms with E-state index in [1.54, 1.807) is 54.6 Å². The van der Waals surface area contributed by atoms with E-state index < -0.39 is 22.1 Å². The number of sulfonamides is 1. The Bertz CT molecular complexity index is 1190. The van der Waals surface area contributed by atoms with Crippen LogP contribution in [0.15, 0.2) is 89.8 Å². The van der Waals surface area contributed by atoms with Crippen LogP contribution >= 0.6 is 0 Å². The zero-order valence-corrected chi connectivity index (χ0v) is 18.2. The van der Waals surface area contributed by atoms with Gasteiger partial charge in [0.2, 0.25) is 15.8 Å². The Balaban J connectivity index is 1.56. The van der Waals surface area contributed by atoms with Gasteiger partial charge in [0.15, 0.2) is 6.10 Å². The summed E-state index contributed by atoms with van der Waals surface area (Å²) in [5.74, 6) is -1.04. The maximum absolute atomic E-state index is 13.1. The van der Waals surface area contributed by atoms with Crippen LogP contribution in [0.25, 0.3) is 0 Å². The van der Waals surface area contributed by atoms with Gasteiger partial charge in [0.1, 0.15) is 0 Å². The lowest BCUT2D eigenvalue weighted by Gasteiger charge is -2.18. The number of ether oxygens (including phenoxy) is 1. The first-order valence-corrected chi connectivity index (χ1v) is 11.9. The van der Waals surface area contributed by atoms with Gasteiger partial charge in [-0.15, -0.1) is 0 Å². The Morgan fingerprint density at radius 2 is 1.31 bits per heavy atom. The Morgan fingerprint density at radius 1 is 0.750 bits per heavy atom. The van der Waals surface area contributed by atoms with Crippen LogP contribution in [0.3, 0.4) is 0 Å². The van der Waals surface area contributed by atoms with Crippen LogP contribution in [0.5, 0.6) is 0 Å². The molecular weight excluding hydrogens is 426 g/mol. The molecule has 0 aliphatic carbocycles. The summed E-state index contributed by atoms with van der Waals surface area (Å²) in [6, 6.07) is 23.1. The fourth-order valence-electron chi connectivity index (χ4n) is 3.67. The van der Waals surface area contributed by atoms with Crippen LogP contribution in [-0.4, -0.2) is 37.6 Å². The first kappa shape index (κ1) is 21.9. The minimum Gasteiger partial charge on any atom is -0.445 e. The van der Waals surface area contributed by atoms with E-state index in [0.29, 0.717) is 24.2 Å². The van der Waals surface area contributed by atoms with E-state index in [2.05, 4.69) is 0 Å². The zero-order valence-electron chi connectivity index (χ0n) is 17.4. The molecule has 0 spiro atoms. The average Bonchev–Trinajstić information content (AvgIpc) is 3.39. The maximum Gasteiger partial charge on any atom is 0.339 e. The van der Waals surface area contributed by atoms with Crippen LogP contribution in [0.4, 0.5) is 0 Å². The third-order valence-electron chi connectivity index (χ3n) is 5.42. The monoisotopic (exact) mass is 449 g/mol. The van der Waals surface area contributed by atoms with Crippen LogP contribution in [0.1, 0.15) is 45.2 Å². The number of carbonyl (C=O) groups is 2. The number of hydrogen-bond acceptors (Lipinski definition) is 5. The number of ketones is 1. The summed E-state index contributed by atoms with van der Waals surface area (Å²) >= 11 is 0. The van der Waals surface area contributed by atoms with Gasteiger partial charge < -0.3 is 4.74 Å². The molecule has 1 atom stereocenters. The predicted molar refractivity (Wildman–Crippen MR) is 120 cm³/mol. The minimum absolute atomic E-state index is 0.135. The van der Waals surface area contributed by atoms with Crippen molar-refractivity contribution >= 4 is 21.8 Å². The van der Waals surface area contributed by atoms with Gasteiger partial charge in [0.25, 0.3) is 0 Å². The fraction of sp³-hybridized carbons (Fsp3) is 0.200. The van der Waals surface area contributed by atoms with Gasteiger partial charge in [0.05, 0.1) is 10.5 Å². The fourth-order valence-corrected chi connectivity index (χ4v) is 5.19. The number of hydrogen-bond donors (Lipinski definition) is 0. The average molecular weight is 450 g/mol. The van der Waals surface area contributed by atoms with Gasteiger partial charge in [-0.3, -0.25) is 4.79 Å². The molecule has 1 fully saturated rings. The molecule has 7 heteroatoms. The molecule has 3 aromatic carbocycles. The molecule has 32 heavy (non-hydrogen) atoms. The summed E-state index contributed by atoms with van der Waals surface area (Å²) in [4.78, 5) is 26.1. The van der Waals surface area contributed by atoms with E-state index in [4.69, 9.17) is 4.74 Å². The van der Waals surface area contributed by atoms with Gasteiger partial charge in [-0.25, -0.2) is 13.2 Å². The van der Waals surface area contributed by atoms with Gasteiger partial charge in [0, 0.05) is 24.2 Å². The van der Waals surface area contributed by atoms with Crippen LogP contribution in [-0.2, 0) is 14.8 Å². The third-order valence-corrected chi connectivity index (χ3v) is 7.33. The molecule has 0 unspecified atom stereocenters. The molecule has 4 rings (SSSR count). The van der Waals surface area contributed by atoms with E-state index in [-0.39, 0.29) is 16.2 Å². The molecule has 1 aliphatic rings. The lowest BCUT2D eigenvalue weighted by molar-refractivity contribution is 0.0280. The first-order valence-electron chi connectivity index (χ1n) is 10.4. The summed E-state index contributed by atoms with van der Waals surface area (Å²) in [5, 5.41) is 0. The molecule has 0 N–H and O–H groups in total. The molecule has 0 bridgehead atoms. The van der Waals surface area contributed by atoms with E-state index in [0.717, 1.165) is 12.8 Å². The van der Waals surface area contributed by atoms with Crippen molar-refractivity contribution in [1.82, 2.24) is 4.31 Å². The number of nitrogens with zero attached hydrogens (tertiary/aromatic N) is 1. The summed E-state index contributed by atoms with van der Waals surface area (Å²) in [6.45, 7) is 1.01. The van der Waals surface area contributed by atoms with Crippen LogP contribution in [0, 0.1) is 0 Å². The van der Waals surface area contributed by atoms with E-state index in [9.17, 15) is 18.0 Å². The highest BCUT2D eigenvalue weighted by Crippen LogP contribution is 2.25. The van der Waals surface area contributed by atoms with E-state index in [1.807, 2.05) is 6.07 Å². The quantitative estimate of drug-likeness (QED) is 0.398. The number of carbonyl (C=O) groups excluding carboxylic acids is 2. The molecule has 1 heterocycles. The third kappa shape index (κ3) is 4.64. The molecule has 1 aliphatic heterocycles. The van der Waals surface area contributed by atoms with Gasteiger partial charge in [-0.2, -0.15) is 4.31 Å². The van der Waals surface area contributed by atoms with Gasteiger partial charge in [-0.1, -0.05) is 60.7 Å². The zero-order chi connectivity index (χ0) is 22.6. The lowest BCUT2D eigenvalue weighted by Crippen LogP contribution is -2.27. The molecule has 0 aromatic heterocycles. The van der Waals surface area contributed by atoms with E-state index >= 15 is 0 Å². The van der Waals surface area contributed by atoms with Crippen molar-refractivity contribution in [2.75, 3.05) is 13.1 Å². The highest BCUT2D eigenvalue weighted by atomic mass is 32.2. The second-order valence-corrected chi connectivity index (χ2v) is 9.50. The molecule has 164 valence electrons. The number of rotatable bonds is 7. The Labute approximate surface area is 187 Å². The number of benzene rings is 3.